The number of amides is 2. The van der Waals surface area contributed by atoms with Crippen LogP contribution in [-0.4, -0.2) is 46.7 Å². The maximum atomic E-state index is 12.6. The monoisotopic (exact) mass is 360 g/mol. The molecular weight excluding hydrogens is 336 g/mol. The van der Waals surface area contributed by atoms with Gasteiger partial charge >= 0.3 is 6.03 Å². The highest BCUT2D eigenvalue weighted by atomic mass is 32.1. The van der Waals surface area contributed by atoms with E-state index in [1.807, 2.05) is 30.5 Å². The van der Waals surface area contributed by atoms with E-state index in [2.05, 4.69) is 15.3 Å². The van der Waals surface area contributed by atoms with Crippen molar-refractivity contribution >= 4 is 17.4 Å². The molecule has 1 aliphatic heterocycles. The lowest BCUT2D eigenvalue weighted by molar-refractivity contribution is 0.0792. The van der Waals surface area contributed by atoms with Crippen LogP contribution in [0.2, 0.25) is 0 Å². The van der Waals surface area contributed by atoms with Gasteiger partial charge in [0.2, 0.25) is 0 Å². The number of ether oxygens (including phenoxy) is 1. The average molecular weight is 360 g/mol. The van der Waals surface area contributed by atoms with Crippen LogP contribution in [0.15, 0.2) is 29.8 Å². The van der Waals surface area contributed by atoms with Gasteiger partial charge in [-0.1, -0.05) is 6.07 Å². The minimum absolute atomic E-state index is 0.0746. The van der Waals surface area contributed by atoms with E-state index in [1.165, 1.54) is 0 Å². The van der Waals surface area contributed by atoms with Crippen molar-refractivity contribution in [2.45, 2.75) is 38.8 Å². The lowest BCUT2D eigenvalue weighted by atomic mass is 10.2. The second-order valence-electron chi connectivity index (χ2n) is 6.20. The molecule has 1 atom stereocenters. The standard InChI is InChI=1S/C18H24N4O2S/c1-14-13-25-17(21-14)7-9-20-18(23)22(12-16-6-4-10-24-16)11-15-5-2-3-8-19-15/h2-3,5,8,13,16H,4,6-7,9-12H2,1H3,(H,20,23). The molecule has 0 bridgehead atoms. The molecular formula is C18H24N4O2S. The number of carbonyl (C=O) groups excluding carboxylic acids is 1. The highest BCUT2D eigenvalue weighted by molar-refractivity contribution is 7.09. The molecule has 0 radical (unpaired) electrons. The van der Waals surface area contributed by atoms with Gasteiger partial charge in [-0.3, -0.25) is 4.98 Å². The first-order valence-electron chi connectivity index (χ1n) is 8.66. The summed E-state index contributed by atoms with van der Waals surface area (Å²) < 4.78 is 5.70. The van der Waals surface area contributed by atoms with Crippen molar-refractivity contribution in [1.29, 1.82) is 0 Å². The van der Waals surface area contributed by atoms with E-state index in [0.717, 1.165) is 42.3 Å². The van der Waals surface area contributed by atoms with E-state index in [0.29, 0.717) is 19.6 Å². The van der Waals surface area contributed by atoms with Crippen molar-refractivity contribution in [2.75, 3.05) is 19.7 Å². The third-order valence-electron chi connectivity index (χ3n) is 4.10. The molecule has 134 valence electrons. The zero-order valence-electron chi connectivity index (χ0n) is 14.5. The number of urea groups is 1. The Morgan fingerprint density at radius 1 is 1.48 bits per heavy atom. The quantitative estimate of drug-likeness (QED) is 0.824. The van der Waals surface area contributed by atoms with E-state index < -0.39 is 0 Å². The van der Waals surface area contributed by atoms with E-state index in [9.17, 15) is 4.79 Å². The smallest absolute Gasteiger partial charge is 0.317 e. The summed E-state index contributed by atoms with van der Waals surface area (Å²) in [6.45, 7) is 4.43. The fourth-order valence-electron chi connectivity index (χ4n) is 2.85. The summed E-state index contributed by atoms with van der Waals surface area (Å²) in [7, 11) is 0. The number of carbonyl (C=O) groups is 1. The van der Waals surface area contributed by atoms with Crippen LogP contribution in [0.5, 0.6) is 0 Å². The van der Waals surface area contributed by atoms with Gasteiger partial charge in [-0.15, -0.1) is 11.3 Å². The van der Waals surface area contributed by atoms with Crippen molar-refractivity contribution < 1.29 is 9.53 Å². The van der Waals surface area contributed by atoms with Crippen molar-refractivity contribution in [1.82, 2.24) is 20.2 Å². The third kappa shape index (κ3) is 5.51. The second-order valence-corrected chi connectivity index (χ2v) is 7.14. The summed E-state index contributed by atoms with van der Waals surface area (Å²) in [4.78, 5) is 23.2. The van der Waals surface area contributed by atoms with Gasteiger partial charge in [0, 0.05) is 43.4 Å². The maximum Gasteiger partial charge on any atom is 0.317 e. The zero-order chi connectivity index (χ0) is 17.5. The second kappa shape index (κ2) is 8.92. The zero-order valence-corrected chi connectivity index (χ0v) is 15.3. The molecule has 1 unspecified atom stereocenters. The van der Waals surface area contributed by atoms with E-state index >= 15 is 0 Å². The van der Waals surface area contributed by atoms with Crippen LogP contribution >= 0.6 is 11.3 Å². The Balaban J connectivity index is 1.55. The summed E-state index contributed by atoms with van der Waals surface area (Å²) in [6, 6.07) is 5.68. The Bertz CT molecular complexity index is 671. The van der Waals surface area contributed by atoms with Gasteiger partial charge in [-0.2, -0.15) is 0 Å². The molecule has 1 fully saturated rings. The molecule has 0 saturated carbocycles. The first-order valence-corrected chi connectivity index (χ1v) is 9.54. The third-order valence-corrected chi connectivity index (χ3v) is 5.12. The van der Waals surface area contributed by atoms with Crippen LogP contribution in [0.25, 0.3) is 0 Å². The van der Waals surface area contributed by atoms with Gasteiger partial charge in [0.15, 0.2) is 0 Å². The molecule has 3 heterocycles. The molecule has 7 heteroatoms. The molecule has 2 aromatic heterocycles. The molecule has 0 spiro atoms. The first kappa shape index (κ1) is 17.8. The van der Waals surface area contributed by atoms with Crippen LogP contribution in [0.1, 0.15) is 29.2 Å². The van der Waals surface area contributed by atoms with Crippen LogP contribution < -0.4 is 5.32 Å². The summed E-state index contributed by atoms with van der Waals surface area (Å²) in [5.74, 6) is 0. The lowest BCUT2D eigenvalue weighted by Gasteiger charge is -2.25. The van der Waals surface area contributed by atoms with Gasteiger partial charge in [-0.05, 0) is 31.9 Å². The molecule has 2 amide bonds. The van der Waals surface area contributed by atoms with E-state index in [-0.39, 0.29) is 12.1 Å². The Kier molecular flexibility index (Phi) is 6.36. The first-order chi connectivity index (χ1) is 12.2. The van der Waals surface area contributed by atoms with Crippen molar-refractivity contribution in [2.24, 2.45) is 0 Å². The Hall–Kier alpha value is -1.99. The predicted octanol–water partition coefficient (Wildman–Crippen LogP) is 2.78. The maximum absolute atomic E-state index is 12.6. The topological polar surface area (TPSA) is 67.4 Å². The fraction of sp³-hybridized carbons (Fsp3) is 0.500. The molecule has 2 aromatic rings. The molecule has 0 aromatic carbocycles. The minimum atomic E-state index is -0.0746. The fourth-order valence-corrected chi connectivity index (χ4v) is 3.62. The van der Waals surface area contributed by atoms with Gasteiger partial charge in [0.1, 0.15) is 0 Å². The predicted molar refractivity (Wildman–Crippen MR) is 97.6 cm³/mol. The minimum Gasteiger partial charge on any atom is -0.376 e. The number of pyridine rings is 1. The summed E-state index contributed by atoms with van der Waals surface area (Å²) in [5, 5.41) is 6.08. The summed E-state index contributed by atoms with van der Waals surface area (Å²) in [5.41, 5.74) is 1.91. The number of rotatable bonds is 7. The van der Waals surface area contributed by atoms with Crippen LogP contribution in [0.3, 0.4) is 0 Å². The summed E-state index contributed by atoms with van der Waals surface area (Å²) >= 11 is 1.63. The molecule has 1 N–H and O–H groups in total. The van der Waals surface area contributed by atoms with Crippen LogP contribution in [-0.2, 0) is 17.7 Å². The van der Waals surface area contributed by atoms with Gasteiger partial charge in [-0.25, -0.2) is 9.78 Å². The summed E-state index contributed by atoms with van der Waals surface area (Å²) in [6.07, 6.45) is 4.69. The molecule has 1 aliphatic rings. The Labute approximate surface area is 152 Å². The largest absolute Gasteiger partial charge is 0.376 e. The van der Waals surface area contributed by atoms with Gasteiger partial charge < -0.3 is 15.0 Å². The van der Waals surface area contributed by atoms with Gasteiger partial charge in [0.05, 0.1) is 23.4 Å². The molecule has 1 saturated heterocycles. The number of hydrogen-bond acceptors (Lipinski definition) is 5. The SMILES string of the molecule is Cc1csc(CCNC(=O)N(Cc2ccccn2)CC2CCCO2)n1. The Morgan fingerprint density at radius 3 is 3.08 bits per heavy atom. The van der Waals surface area contributed by atoms with Gasteiger partial charge in [0.25, 0.3) is 0 Å². The molecule has 6 nitrogen and oxygen atoms in total. The number of thiazole rings is 1. The molecule has 0 aliphatic carbocycles. The van der Waals surface area contributed by atoms with Crippen molar-refractivity contribution in [3.05, 3.63) is 46.2 Å². The van der Waals surface area contributed by atoms with Crippen molar-refractivity contribution in [3.63, 3.8) is 0 Å². The van der Waals surface area contributed by atoms with Crippen LogP contribution in [0.4, 0.5) is 4.79 Å². The lowest BCUT2D eigenvalue weighted by Crippen LogP contribution is -2.44. The Morgan fingerprint density at radius 2 is 2.40 bits per heavy atom. The number of nitrogens with zero attached hydrogens (tertiary/aromatic N) is 3. The number of aromatic nitrogens is 2. The van der Waals surface area contributed by atoms with Crippen LogP contribution in [0, 0.1) is 6.92 Å². The normalized spacial score (nSPS) is 16.8. The number of aryl methyl sites for hydroxylation is 1. The van der Waals surface area contributed by atoms with E-state index in [4.69, 9.17) is 4.74 Å². The number of nitrogens with one attached hydrogen (secondary N) is 1. The highest BCUT2D eigenvalue weighted by Gasteiger charge is 2.23. The van der Waals surface area contributed by atoms with Crippen molar-refractivity contribution in [3.8, 4) is 0 Å². The average Bonchev–Trinajstić information content (AvgIpc) is 3.27. The molecule has 25 heavy (non-hydrogen) atoms. The highest BCUT2D eigenvalue weighted by Crippen LogP contribution is 2.15. The molecule has 3 rings (SSSR count). The van der Waals surface area contributed by atoms with E-state index in [1.54, 1.807) is 22.4 Å². The number of hydrogen-bond donors (Lipinski definition) is 1.